The van der Waals surface area contributed by atoms with Crippen LogP contribution >= 0.6 is 15.9 Å². The van der Waals surface area contributed by atoms with Crippen LogP contribution < -0.4 is 5.73 Å². The molecule has 0 bridgehead atoms. The van der Waals surface area contributed by atoms with E-state index in [0.717, 1.165) is 21.3 Å². The van der Waals surface area contributed by atoms with Crippen LogP contribution in [-0.4, -0.2) is 14.8 Å². The lowest BCUT2D eigenvalue weighted by molar-refractivity contribution is 0.498. The van der Waals surface area contributed by atoms with E-state index in [4.69, 9.17) is 5.73 Å². The van der Waals surface area contributed by atoms with Gasteiger partial charge in [0.1, 0.15) is 0 Å². The normalized spacial score (nSPS) is 13.0. The lowest BCUT2D eigenvalue weighted by Crippen LogP contribution is -2.19. The highest BCUT2D eigenvalue weighted by Crippen LogP contribution is 2.28. The van der Waals surface area contributed by atoms with Gasteiger partial charge in [0, 0.05) is 18.4 Å². The molecule has 0 aromatic carbocycles. The summed E-state index contributed by atoms with van der Waals surface area (Å²) in [5.74, 6) is 0. The standard InChI is InChI=1S/C13H17BrN4/c1-8(2)18-13(11(14)7-17-18)12(15)10-4-9(3)5-16-6-10/h4-8,12H,15H2,1-3H3. The molecule has 2 rings (SSSR count). The summed E-state index contributed by atoms with van der Waals surface area (Å²) in [5.41, 5.74) is 9.43. The molecule has 0 aliphatic carbocycles. The van der Waals surface area contributed by atoms with Gasteiger partial charge in [0.05, 0.1) is 22.4 Å². The van der Waals surface area contributed by atoms with Gasteiger partial charge in [0.25, 0.3) is 0 Å². The van der Waals surface area contributed by atoms with Crippen LogP contribution in [0.15, 0.2) is 29.1 Å². The summed E-state index contributed by atoms with van der Waals surface area (Å²) in [6.07, 6.45) is 5.42. The first-order valence-corrected chi connectivity index (χ1v) is 6.70. The van der Waals surface area contributed by atoms with E-state index in [9.17, 15) is 0 Å². The van der Waals surface area contributed by atoms with Crippen LogP contribution in [0.3, 0.4) is 0 Å². The van der Waals surface area contributed by atoms with Crippen molar-refractivity contribution in [1.82, 2.24) is 14.8 Å². The van der Waals surface area contributed by atoms with Gasteiger partial charge >= 0.3 is 0 Å². The average Bonchev–Trinajstić information content (AvgIpc) is 2.70. The summed E-state index contributed by atoms with van der Waals surface area (Å²) in [6, 6.07) is 2.11. The van der Waals surface area contributed by atoms with Crippen molar-refractivity contribution in [1.29, 1.82) is 0 Å². The van der Waals surface area contributed by atoms with Gasteiger partial charge in [-0.25, -0.2) is 0 Å². The number of aryl methyl sites for hydroxylation is 1. The molecule has 0 fully saturated rings. The number of nitrogens with two attached hydrogens (primary N) is 1. The summed E-state index contributed by atoms with van der Waals surface area (Å²) in [4.78, 5) is 4.19. The van der Waals surface area contributed by atoms with Gasteiger partial charge in [-0.15, -0.1) is 0 Å². The molecule has 2 N–H and O–H groups in total. The summed E-state index contributed by atoms with van der Waals surface area (Å²) in [7, 11) is 0. The van der Waals surface area contributed by atoms with E-state index in [2.05, 4.69) is 45.9 Å². The Bertz CT molecular complexity index is 548. The van der Waals surface area contributed by atoms with Crippen molar-refractivity contribution in [2.45, 2.75) is 32.9 Å². The van der Waals surface area contributed by atoms with Crippen LogP contribution in [0.25, 0.3) is 0 Å². The topological polar surface area (TPSA) is 56.7 Å². The molecule has 0 aliphatic rings. The van der Waals surface area contributed by atoms with E-state index in [1.807, 2.05) is 24.0 Å². The largest absolute Gasteiger partial charge is 0.319 e. The fourth-order valence-electron chi connectivity index (χ4n) is 1.96. The van der Waals surface area contributed by atoms with E-state index in [0.29, 0.717) is 0 Å². The average molecular weight is 309 g/mol. The number of hydrogen-bond acceptors (Lipinski definition) is 3. The molecule has 2 heterocycles. The van der Waals surface area contributed by atoms with Crippen molar-refractivity contribution >= 4 is 15.9 Å². The van der Waals surface area contributed by atoms with Crippen molar-refractivity contribution < 1.29 is 0 Å². The Morgan fingerprint density at radius 1 is 1.28 bits per heavy atom. The highest BCUT2D eigenvalue weighted by atomic mass is 79.9. The highest BCUT2D eigenvalue weighted by Gasteiger charge is 2.20. The predicted molar refractivity (Wildman–Crippen MR) is 75.3 cm³/mol. The summed E-state index contributed by atoms with van der Waals surface area (Å²) in [6.45, 7) is 6.19. The number of nitrogens with zero attached hydrogens (tertiary/aromatic N) is 3. The van der Waals surface area contributed by atoms with Crippen LogP contribution in [0.2, 0.25) is 0 Å². The van der Waals surface area contributed by atoms with Gasteiger partial charge in [0.15, 0.2) is 0 Å². The summed E-state index contributed by atoms with van der Waals surface area (Å²) < 4.78 is 2.88. The third kappa shape index (κ3) is 2.47. The minimum absolute atomic E-state index is 0.225. The Balaban J connectivity index is 2.45. The molecule has 2 aromatic rings. The maximum atomic E-state index is 6.34. The molecule has 0 aliphatic heterocycles. The Kier molecular flexibility index (Phi) is 3.82. The fraction of sp³-hybridized carbons (Fsp3) is 0.385. The first-order chi connectivity index (χ1) is 8.50. The summed E-state index contributed by atoms with van der Waals surface area (Å²) >= 11 is 3.52. The lowest BCUT2D eigenvalue weighted by atomic mass is 10.1. The van der Waals surface area contributed by atoms with Crippen LogP contribution in [0.1, 0.15) is 42.8 Å². The Morgan fingerprint density at radius 3 is 2.61 bits per heavy atom. The fourth-order valence-corrected chi connectivity index (χ4v) is 2.48. The SMILES string of the molecule is Cc1cncc(C(N)c2c(Br)cnn2C(C)C)c1. The third-order valence-electron chi connectivity index (χ3n) is 2.83. The van der Waals surface area contributed by atoms with Gasteiger partial charge in [-0.3, -0.25) is 9.67 Å². The number of rotatable bonds is 3. The van der Waals surface area contributed by atoms with Crippen LogP contribution in [0.5, 0.6) is 0 Å². The molecule has 0 spiro atoms. The Morgan fingerprint density at radius 2 is 2.00 bits per heavy atom. The molecule has 0 saturated carbocycles. The van der Waals surface area contributed by atoms with Crippen molar-refractivity contribution in [3.8, 4) is 0 Å². The van der Waals surface area contributed by atoms with Gasteiger partial charge in [-0.1, -0.05) is 6.07 Å². The maximum absolute atomic E-state index is 6.34. The second-order valence-electron chi connectivity index (χ2n) is 4.69. The lowest BCUT2D eigenvalue weighted by Gasteiger charge is -2.17. The second kappa shape index (κ2) is 5.20. The first kappa shape index (κ1) is 13.2. The van der Waals surface area contributed by atoms with Crippen molar-refractivity contribution in [3.63, 3.8) is 0 Å². The molecule has 0 saturated heterocycles. The van der Waals surface area contributed by atoms with E-state index in [-0.39, 0.29) is 12.1 Å². The molecule has 96 valence electrons. The summed E-state index contributed by atoms with van der Waals surface area (Å²) in [5, 5.41) is 4.35. The Labute approximate surface area is 115 Å². The number of halogens is 1. The van der Waals surface area contributed by atoms with E-state index >= 15 is 0 Å². The maximum Gasteiger partial charge on any atom is 0.0750 e. The molecule has 1 atom stereocenters. The molecule has 5 heteroatoms. The van der Waals surface area contributed by atoms with E-state index < -0.39 is 0 Å². The number of pyridine rings is 1. The van der Waals surface area contributed by atoms with Gasteiger partial charge < -0.3 is 5.73 Å². The molecule has 1 unspecified atom stereocenters. The minimum Gasteiger partial charge on any atom is -0.319 e. The van der Waals surface area contributed by atoms with Crippen molar-refractivity contribution in [2.24, 2.45) is 5.73 Å². The molecule has 2 aromatic heterocycles. The Hall–Kier alpha value is -1.20. The highest BCUT2D eigenvalue weighted by molar-refractivity contribution is 9.10. The van der Waals surface area contributed by atoms with Crippen LogP contribution in [-0.2, 0) is 0 Å². The zero-order valence-electron chi connectivity index (χ0n) is 10.8. The van der Waals surface area contributed by atoms with Crippen molar-refractivity contribution in [3.05, 3.63) is 46.0 Å². The zero-order chi connectivity index (χ0) is 13.3. The molecule has 0 radical (unpaired) electrons. The monoisotopic (exact) mass is 308 g/mol. The number of aromatic nitrogens is 3. The smallest absolute Gasteiger partial charge is 0.0750 e. The zero-order valence-corrected chi connectivity index (χ0v) is 12.3. The molecule has 0 amide bonds. The molecule has 4 nitrogen and oxygen atoms in total. The molecule has 18 heavy (non-hydrogen) atoms. The predicted octanol–water partition coefficient (Wildman–Crippen LogP) is 2.98. The van der Waals surface area contributed by atoms with Gasteiger partial charge in [0.2, 0.25) is 0 Å². The van der Waals surface area contributed by atoms with Gasteiger partial charge in [-0.05, 0) is 47.8 Å². The van der Waals surface area contributed by atoms with Crippen LogP contribution in [0, 0.1) is 6.92 Å². The number of hydrogen-bond donors (Lipinski definition) is 1. The third-order valence-corrected chi connectivity index (χ3v) is 3.44. The second-order valence-corrected chi connectivity index (χ2v) is 5.54. The van der Waals surface area contributed by atoms with Crippen molar-refractivity contribution in [2.75, 3.05) is 0 Å². The van der Waals surface area contributed by atoms with E-state index in [1.165, 1.54) is 0 Å². The molecular weight excluding hydrogens is 292 g/mol. The quantitative estimate of drug-likeness (QED) is 0.948. The van der Waals surface area contributed by atoms with E-state index in [1.54, 1.807) is 6.20 Å². The minimum atomic E-state index is -0.225. The van der Waals surface area contributed by atoms with Gasteiger partial charge in [-0.2, -0.15) is 5.10 Å². The molecular formula is C13H17BrN4. The van der Waals surface area contributed by atoms with Crippen LogP contribution in [0.4, 0.5) is 0 Å². The first-order valence-electron chi connectivity index (χ1n) is 5.90.